The number of amides is 2. The summed E-state index contributed by atoms with van der Waals surface area (Å²) in [7, 11) is 0. The number of primary amides is 1. The summed E-state index contributed by atoms with van der Waals surface area (Å²) in [5.74, 6) is -1.18. The highest BCUT2D eigenvalue weighted by molar-refractivity contribution is 6.40. The lowest BCUT2D eigenvalue weighted by Crippen LogP contribution is -2.40. The van der Waals surface area contributed by atoms with Gasteiger partial charge in [0.2, 0.25) is 5.91 Å². The van der Waals surface area contributed by atoms with Crippen LogP contribution in [0.5, 0.6) is 0 Å². The maximum Gasteiger partial charge on any atom is 0.270 e. The molecule has 2 heterocycles. The van der Waals surface area contributed by atoms with Crippen LogP contribution in [-0.4, -0.2) is 39.5 Å². The molecule has 7 nitrogen and oxygen atoms in total. The molecule has 2 aliphatic rings. The highest BCUT2D eigenvalue weighted by Crippen LogP contribution is 2.31. The van der Waals surface area contributed by atoms with E-state index < -0.39 is 17.8 Å². The first kappa shape index (κ1) is 18.1. The Kier molecular flexibility index (Phi) is 4.77. The van der Waals surface area contributed by atoms with Crippen LogP contribution >= 0.6 is 0 Å². The van der Waals surface area contributed by atoms with Gasteiger partial charge in [0, 0.05) is 31.4 Å². The first-order chi connectivity index (χ1) is 13.5. The van der Waals surface area contributed by atoms with Crippen molar-refractivity contribution in [3.05, 3.63) is 60.2 Å². The molecule has 8 heteroatoms. The molecule has 0 unspecified atom stereocenters. The molecule has 0 saturated heterocycles. The molecule has 4 rings (SSSR count). The van der Waals surface area contributed by atoms with Crippen molar-refractivity contribution < 1.29 is 14.0 Å². The van der Waals surface area contributed by atoms with E-state index >= 15 is 0 Å². The van der Waals surface area contributed by atoms with Crippen LogP contribution in [0.4, 0.5) is 10.1 Å². The predicted octanol–water partition coefficient (Wildman–Crippen LogP) is 1.83. The summed E-state index contributed by atoms with van der Waals surface area (Å²) < 4.78 is 13.2. The summed E-state index contributed by atoms with van der Waals surface area (Å²) in [5.41, 5.74) is 7.26. The van der Waals surface area contributed by atoms with Crippen molar-refractivity contribution in [2.24, 2.45) is 10.8 Å². The van der Waals surface area contributed by atoms with Gasteiger partial charge in [-0.1, -0.05) is 6.07 Å². The molecule has 0 bridgehead atoms. The van der Waals surface area contributed by atoms with Crippen molar-refractivity contribution in [1.82, 2.24) is 9.88 Å². The van der Waals surface area contributed by atoms with Crippen LogP contribution in [0.15, 0.2) is 53.9 Å². The number of nitrogens with two attached hydrogens (primary N) is 1. The molecule has 1 aromatic carbocycles. The molecule has 1 atom stereocenters. The number of hydrogen-bond acceptors (Lipinski definition) is 5. The van der Waals surface area contributed by atoms with Crippen LogP contribution in [0.3, 0.4) is 0 Å². The highest BCUT2D eigenvalue weighted by Gasteiger charge is 2.40. The van der Waals surface area contributed by atoms with Gasteiger partial charge in [0.1, 0.15) is 17.6 Å². The van der Waals surface area contributed by atoms with Crippen LogP contribution in [0.25, 0.3) is 0 Å². The fourth-order valence-electron chi connectivity index (χ4n) is 3.30. The van der Waals surface area contributed by atoms with Gasteiger partial charge >= 0.3 is 0 Å². The Morgan fingerprint density at radius 2 is 1.96 bits per heavy atom. The maximum absolute atomic E-state index is 13.2. The first-order valence-electron chi connectivity index (χ1n) is 9.14. The van der Waals surface area contributed by atoms with Crippen LogP contribution < -0.4 is 10.7 Å². The first-order valence-corrected chi connectivity index (χ1v) is 9.14. The van der Waals surface area contributed by atoms with E-state index in [1.54, 1.807) is 17.3 Å². The standard InChI is InChI=1S/C20H20FN5O2/c21-14-3-5-16(6-4-14)26-18(19(22)27)10-17(24-26)20(28)25(15-7-8-15)12-13-2-1-9-23-11-13/h1-6,9,11,15,18H,7-8,10,12H2,(H2,22,27)/t18-/m1/s1. The summed E-state index contributed by atoms with van der Waals surface area (Å²) >= 11 is 0. The molecule has 1 aliphatic heterocycles. The van der Waals surface area contributed by atoms with E-state index in [1.165, 1.54) is 29.3 Å². The third kappa shape index (κ3) is 3.71. The number of rotatable bonds is 6. The number of halogens is 1. The molecule has 0 spiro atoms. The molecule has 28 heavy (non-hydrogen) atoms. The van der Waals surface area contributed by atoms with Crippen LogP contribution in [0.2, 0.25) is 0 Å². The van der Waals surface area contributed by atoms with Gasteiger partial charge in [0.15, 0.2) is 0 Å². The zero-order chi connectivity index (χ0) is 19.7. The lowest BCUT2D eigenvalue weighted by molar-refractivity contribution is -0.125. The predicted molar refractivity (Wildman–Crippen MR) is 102 cm³/mol. The summed E-state index contributed by atoms with van der Waals surface area (Å²) in [4.78, 5) is 31.0. The van der Waals surface area contributed by atoms with Crippen molar-refractivity contribution in [2.45, 2.75) is 37.9 Å². The van der Waals surface area contributed by atoms with Crippen molar-refractivity contribution in [1.29, 1.82) is 0 Å². The highest BCUT2D eigenvalue weighted by atomic mass is 19.1. The number of nitrogens with zero attached hydrogens (tertiary/aromatic N) is 4. The molecule has 2 N–H and O–H groups in total. The van der Waals surface area contributed by atoms with Gasteiger partial charge in [-0.15, -0.1) is 0 Å². The minimum absolute atomic E-state index is 0.127. The van der Waals surface area contributed by atoms with Gasteiger partial charge in [-0.2, -0.15) is 5.10 Å². The van der Waals surface area contributed by atoms with E-state index in [9.17, 15) is 14.0 Å². The minimum atomic E-state index is -0.774. The summed E-state index contributed by atoms with van der Waals surface area (Å²) in [6.07, 6.45) is 5.43. The van der Waals surface area contributed by atoms with Crippen LogP contribution in [0, 0.1) is 5.82 Å². The summed E-state index contributed by atoms with van der Waals surface area (Å²) in [5, 5.41) is 5.79. The fourth-order valence-corrected chi connectivity index (χ4v) is 3.30. The molecule has 2 amide bonds. The molecule has 2 aromatic rings. The average molecular weight is 381 g/mol. The largest absolute Gasteiger partial charge is 0.368 e. The SMILES string of the molecule is NC(=O)[C@H]1CC(C(=O)N(Cc2cccnc2)C2CC2)=NN1c1ccc(F)cc1. The topological polar surface area (TPSA) is 91.9 Å². The molecule has 0 radical (unpaired) electrons. The lowest BCUT2D eigenvalue weighted by atomic mass is 10.1. The second-order valence-electron chi connectivity index (χ2n) is 7.02. The Balaban J connectivity index is 1.59. The maximum atomic E-state index is 13.2. The van der Waals surface area contributed by atoms with Gasteiger partial charge in [-0.05, 0) is 48.7 Å². The van der Waals surface area contributed by atoms with Gasteiger partial charge in [-0.25, -0.2) is 4.39 Å². The van der Waals surface area contributed by atoms with E-state index in [0.717, 1.165) is 18.4 Å². The number of hydrazone groups is 1. The molecular formula is C20H20FN5O2. The van der Waals surface area contributed by atoms with E-state index in [2.05, 4.69) is 10.1 Å². The number of aromatic nitrogens is 1. The van der Waals surface area contributed by atoms with Gasteiger partial charge in [-0.3, -0.25) is 19.6 Å². The van der Waals surface area contributed by atoms with Crippen molar-refractivity contribution in [3.8, 4) is 0 Å². The molecule has 1 fully saturated rings. The van der Waals surface area contributed by atoms with E-state index in [1.807, 2.05) is 12.1 Å². The van der Waals surface area contributed by atoms with E-state index in [4.69, 9.17) is 5.73 Å². The smallest absolute Gasteiger partial charge is 0.270 e. The zero-order valence-electron chi connectivity index (χ0n) is 15.2. The minimum Gasteiger partial charge on any atom is -0.368 e. The average Bonchev–Trinajstić information content (AvgIpc) is 3.44. The number of anilines is 1. The van der Waals surface area contributed by atoms with Gasteiger partial charge in [0.05, 0.1) is 5.69 Å². The molecule has 144 valence electrons. The van der Waals surface area contributed by atoms with E-state index in [-0.39, 0.29) is 24.1 Å². The molecular weight excluding hydrogens is 361 g/mol. The van der Waals surface area contributed by atoms with Gasteiger partial charge in [0.25, 0.3) is 5.91 Å². The number of carbonyl (C=O) groups excluding carboxylic acids is 2. The fraction of sp³-hybridized carbons (Fsp3) is 0.300. The normalized spacial score (nSPS) is 18.7. The number of hydrogen-bond donors (Lipinski definition) is 1. The second kappa shape index (κ2) is 7.38. The van der Waals surface area contributed by atoms with Crippen LogP contribution in [-0.2, 0) is 16.1 Å². The monoisotopic (exact) mass is 381 g/mol. The Morgan fingerprint density at radius 1 is 1.21 bits per heavy atom. The molecule has 1 saturated carbocycles. The van der Waals surface area contributed by atoms with Crippen molar-refractivity contribution >= 4 is 23.2 Å². The Bertz CT molecular complexity index is 912. The molecule has 1 aliphatic carbocycles. The Labute approximate surface area is 161 Å². The third-order valence-electron chi connectivity index (χ3n) is 4.90. The zero-order valence-corrected chi connectivity index (χ0v) is 15.2. The number of carbonyl (C=O) groups is 2. The summed E-state index contributed by atoms with van der Waals surface area (Å²) in [6, 6.07) is 8.72. The Morgan fingerprint density at radius 3 is 2.57 bits per heavy atom. The number of pyridine rings is 1. The van der Waals surface area contributed by atoms with E-state index in [0.29, 0.717) is 12.2 Å². The van der Waals surface area contributed by atoms with Crippen molar-refractivity contribution in [2.75, 3.05) is 5.01 Å². The van der Waals surface area contributed by atoms with Crippen molar-refractivity contribution in [3.63, 3.8) is 0 Å². The quantitative estimate of drug-likeness (QED) is 0.826. The third-order valence-corrected chi connectivity index (χ3v) is 4.90. The number of benzene rings is 1. The Hall–Kier alpha value is -3.29. The molecule has 1 aromatic heterocycles. The van der Waals surface area contributed by atoms with Gasteiger partial charge < -0.3 is 10.6 Å². The summed E-state index contributed by atoms with van der Waals surface area (Å²) in [6.45, 7) is 0.439. The lowest BCUT2D eigenvalue weighted by Gasteiger charge is -2.22. The second-order valence-corrected chi connectivity index (χ2v) is 7.02. The van der Waals surface area contributed by atoms with Crippen LogP contribution in [0.1, 0.15) is 24.8 Å².